The normalized spacial score (nSPS) is 25.3. The molecule has 3 N–H and O–H groups in total. The van der Waals surface area contributed by atoms with Gasteiger partial charge < -0.3 is 38.7 Å². The maximum Gasteiger partial charge on any atom is 0.261 e. The first-order valence-electron chi connectivity index (χ1n) is 12.7. The van der Waals surface area contributed by atoms with Gasteiger partial charge in [0.05, 0.1) is 6.61 Å². The summed E-state index contributed by atoms with van der Waals surface area (Å²) in [5.41, 5.74) is 0. The topological polar surface area (TPSA) is 107 Å². The van der Waals surface area contributed by atoms with Crippen molar-refractivity contribution in [3.05, 3.63) is 78.9 Å². The molecule has 2 heterocycles. The molecule has 0 saturated carbocycles. The lowest BCUT2D eigenvalue weighted by molar-refractivity contribution is -0.276. The number of aliphatic hydroxyl groups is 3. The minimum absolute atomic E-state index is 0.0147. The molecule has 0 radical (unpaired) electrons. The molecule has 0 aromatic heterocycles. The Hall–Kier alpha value is -2.92. The van der Waals surface area contributed by atoms with Gasteiger partial charge in [-0.15, -0.1) is 0 Å². The molecule has 0 spiro atoms. The van der Waals surface area contributed by atoms with Gasteiger partial charge in [0.2, 0.25) is 13.1 Å². The van der Waals surface area contributed by atoms with Gasteiger partial charge in [0, 0.05) is 6.07 Å². The van der Waals surface area contributed by atoms with Crippen molar-refractivity contribution in [2.75, 3.05) is 13.4 Å². The maximum absolute atomic E-state index is 10.9. The third kappa shape index (κ3) is 4.93. The summed E-state index contributed by atoms with van der Waals surface area (Å²) >= 11 is 0. The zero-order valence-corrected chi connectivity index (χ0v) is 22.7. The van der Waals surface area contributed by atoms with Crippen LogP contribution in [0.2, 0.25) is 5.04 Å². The average Bonchev–Trinajstić information content (AvgIpc) is 3.38. The summed E-state index contributed by atoms with van der Waals surface area (Å²) in [4.78, 5) is 0. The fourth-order valence-corrected chi connectivity index (χ4v) is 9.77. The van der Waals surface area contributed by atoms with Crippen molar-refractivity contribution in [2.24, 2.45) is 0 Å². The van der Waals surface area contributed by atoms with E-state index in [4.69, 9.17) is 23.4 Å². The maximum atomic E-state index is 10.9. The summed E-state index contributed by atoms with van der Waals surface area (Å²) in [6.45, 7) is 6.57. The highest BCUT2D eigenvalue weighted by Crippen LogP contribution is 2.38. The van der Waals surface area contributed by atoms with E-state index in [1.54, 1.807) is 18.2 Å². The Morgan fingerprint density at radius 1 is 0.789 bits per heavy atom. The van der Waals surface area contributed by atoms with Gasteiger partial charge in [-0.3, -0.25) is 0 Å². The van der Waals surface area contributed by atoms with Gasteiger partial charge in [-0.25, -0.2) is 0 Å². The largest absolute Gasteiger partial charge is 0.462 e. The number of benzene rings is 3. The Morgan fingerprint density at radius 2 is 1.39 bits per heavy atom. The molecule has 1 fully saturated rings. The molecule has 0 bridgehead atoms. The summed E-state index contributed by atoms with van der Waals surface area (Å²) in [6, 6.07) is 25.2. The van der Waals surface area contributed by atoms with Gasteiger partial charge >= 0.3 is 0 Å². The molecule has 2 aliphatic rings. The van der Waals surface area contributed by atoms with Crippen LogP contribution in [-0.4, -0.2) is 67.7 Å². The quantitative estimate of drug-likeness (QED) is 0.393. The van der Waals surface area contributed by atoms with E-state index >= 15 is 0 Å². The van der Waals surface area contributed by atoms with Crippen molar-refractivity contribution in [1.29, 1.82) is 0 Å². The third-order valence-corrected chi connectivity index (χ3v) is 12.2. The van der Waals surface area contributed by atoms with Gasteiger partial charge in [0.25, 0.3) is 8.32 Å². The molecule has 3 aromatic rings. The van der Waals surface area contributed by atoms with E-state index in [0.29, 0.717) is 17.2 Å². The van der Waals surface area contributed by atoms with Crippen LogP contribution in [0.3, 0.4) is 0 Å². The summed E-state index contributed by atoms with van der Waals surface area (Å²) in [5.74, 6) is 1.47. The first-order valence-corrected chi connectivity index (χ1v) is 14.6. The summed E-state index contributed by atoms with van der Waals surface area (Å²) in [5, 5.41) is 34.1. The molecule has 202 valence electrons. The lowest BCUT2D eigenvalue weighted by Crippen LogP contribution is -2.68. The number of rotatable bonds is 7. The predicted octanol–water partition coefficient (Wildman–Crippen LogP) is 2.18. The lowest BCUT2D eigenvalue weighted by Gasteiger charge is -2.45. The second-order valence-electron chi connectivity index (χ2n) is 10.6. The van der Waals surface area contributed by atoms with E-state index in [9.17, 15) is 15.3 Å². The summed E-state index contributed by atoms with van der Waals surface area (Å²) < 4.78 is 29.5. The number of ether oxygens (including phenoxy) is 4. The third-order valence-electron chi connectivity index (χ3n) is 7.15. The van der Waals surface area contributed by atoms with Gasteiger partial charge in [0.15, 0.2) is 11.5 Å². The first kappa shape index (κ1) is 26.7. The molecule has 3 aromatic carbocycles. The van der Waals surface area contributed by atoms with E-state index in [0.717, 1.165) is 10.4 Å². The van der Waals surface area contributed by atoms with Crippen molar-refractivity contribution in [1.82, 2.24) is 0 Å². The van der Waals surface area contributed by atoms with Crippen LogP contribution in [0.25, 0.3) is 0 Å². The highest BCUT2D eigenvalue weighted by molar-refractivity contribution is 6.99. The summed E-state index contributed by atoms with van der Waals surface area (Å²) in [6.07, 6.45) is -6.52. The van der Waals surface area contributed by atoms with Crippen molar-refractivity contribution in [2.45, 2.75) is 56.5 Å². The minimum Gasteiger partial charge on any atom is -0.462 e. The SMILES string of the molecule is CC(C)(C)[Si](OC[C@H]1O[C@H](Oc2ccc3c(c2)OCO3)[C@H](O)[C@@H](O)[C@@H]1O)(c1ccccc1)c1ccccc1. The van der Waals surface area contributed by atoms with E-state index in [1.807, 2.05) is 36.4 Å². The highest BCUT2D eigenvalue weighted by Gasteiger charge is 2.52. The summed E-state index contributed by atoms with van der Waals surface area (Å²) in [7, 11) is -2.92. The van der Waals surface area contributed by atoms with Crippen LogP contribution in [0.15, 0.2) is 78.9 Å². The van der Waals surface area contributed by atoms with E-state index in [1.165, 1.54) is 0 Å². The molecular formula is C29H34O8Si. The van der Waals surface area contributed by atoms with Crippen molar-refractivity contribution < 1.29 is 38.7 Å². The Morgan fingerprint density at radius 3 is 2.00 bits per heavy atom. The van der Waals surface area contributed by atoms with E-state index < -0.39 is 39.0 Å². The molecule has 0 amide bonds. The van der Waals surface area contributed by atoms with Crippen LogP contribution < -0.4 is 24.6 Å². The number of aliphatic hydroxyl groups excluding tert-OH is 3. The monoisotopic (exact) mass is 538 g/mol. The lowest BCUT2D eigenvalue weighted by atomic mass is 9.99. The first-order chi connectivity index (χ1) is 18.2. The zero-order chi connectivity index (χ0) is 26.9. The molecule has 1 saturated heterocycles. The van der Waals surface area contributed by atoms with Crippen LogP contribution in [0.1, 0.15) is 20.8 Å². The molecule has 9 heteroatoms. The van der Waals surface area contributed by atoms with E-state index in [-0.39, 0.29) is 18.4 Å². The number of hydrogen-bond donors (Lipinski definition) is 3. The minimum atomic E-state index is -2.92. The second kappa shape index (κ2) is 10.7. The molecule has 0 aliphatic carbocycles. The van der Waals surface area contributed by atoms with Crippen LogP contribution in [0.4, 0.5) is 0 Å². The van der Waals surface area contributed by atoms with E-state index in [2.05, 4.69) is 45.0 Å². The number of fused-ring (bicyclic) bond motifs is 1. The average molecular weight is 539 g/mol. The standard InChI is InChI=1S/C29H34O8Si/c1-29(2,3)38(20-10-6-4-7-11-20,21-12-8-5-9-13-21)35-17-24-25(30)26(31)27(32)28(37-24)36-19-14-15-22-23(16-19)34-18-33-22/h4-16,24-28,30-32H,17-18H2,1-3H3/t24-,25-,26+,27-,28+/m1/s1. The van der Waals surface area contributed by atoms with Crippen LogP contribution in [0.5, 0.6) is 17.2 Å². The predicted molar refractivity (Wildman–Crippen MR) is 143 cm³/mol. The van der Waals surface area contributed by atoms with Gasteiger partial charge in [-0.1, -0.05) is 81.4 Å². The van der Waals surface area contributed by atoms with Crippen LogP contribution in [0, 0.1) is 0 Å². The molecule has 38 heavy (non-hydrogen) atoms. The fraction of sp³-hybridized carbons (Fsp3) is 0.379. The van der Waals surface area contributed by atoms with Crippen molar-refractivity contribution >= 4 is 18.7 Å². The van der Waals surface area contributed by atoms with Gasteiger partial charge in [-0.2, -0.15) is 0 Å². The molecule has 2 aliphatic heterocycles. The highest BCUT2D eigenvalue weighted by atomic mass is 28.4. The second-order valence-corrected chi connectivity index (χ2v) is 14.9. The van der Waals surface area contributed by atoms with Crippen molar-refractivity contribution in [3.8, 4) is 17.2 Å². The van der Waals surface area contributed by atoms with Crippen molar-refractivity contribution in [3.63, 3.8) is 0 Å². The fourth-order valence-electron chi connectivity index (χ4n) is 5.20. The molecule has 5 atom stereocenters. The van der Waals surface area contributed by atoms with Crippen LogP contribution >= 0.6 is 0 Å². The molecule has 8 nitrogen and oxygen atoms in total. The van der Waals surface area contributed by atoms with Crippen LogP contribution in [-0.2, 0) is 9.16 Å². The zero-order valence-electron chi connectivity index (χ0n) is 21.7. The Bertz CT molecular complexity index is 1180. The smallest absolute Gasteiger partial charge is 0.261 e. The Labute approximate surface area is 223 Å². The molecule has 0 unspecified atom stereocenters. The Balaban J connectivity index is 1.42. The number of hydrogen-bond acceptors (Lipinski definition) is 8. The van der Waals surface area contributed by atoms with Gasteiger partial charge in [0.1, 0.15) is 30.2 Å². The molecule has 5 rings (SSSR count). The molecular weight excluding hydrogens is 504 g/mol. The van der Waals surface area contributed by atoms with Gasteiger partial charge in [-0.05, 0) is 27.5 Å². The Kier molecular flexibility index (Phi) is 7.50.